The van der Waals surface area contributed by atoms with Crippen molar-refractivity contribution in [3.8, 4) is 17.6 Å². The predicted octanol–water partition coefficient (Wildman–Crippen LogP) is 4.32. The molecule has 1 N–H and O–H groups in total. The number of methoxy groups -OCH3 is 1. The molecular weight excluding hydrogens is 302 g/mol. The second-order valence-electron chi connectivity index (χ2n) is 7.16. The van der Waals surface area contributed by atoms with E-state index >= 15 is 0 Å². The number of benzene rings is 1. The first kappa shape index (κ1) is 17.1. The summed E-state index contributed by atoms with van der Waals surface area (Å²) in [6, 6.07) is 7.99. The third-order valence-corrected chi connectivity index (χ3v) is 5.50. The lowest BCUT2D eigenvalue weighted by molar-refractivity contribution is -0.00720. The highest BCUT2D eigenvalue weighted by molar-refractivity contribution is 5.46. The molecule has 24 heavy (non-hydrogen) atoms. The van der Waals surface area contributed by atoms with Crippen LogP contribution in [0.1, 0.15) is 69.3 Å². The Labute approximate surface area is 144 Å². The van der Waals surface area contributed by atoms with E-state index in [-0.39, 0.29) is 6.10 Å². The largest absolute Gasteiger partial charge is 0.493 e. The first-order valence-corrected chi connectivity index (χ1v) is 9.13. The lowest BCUT2D eigenvalue weighted by Gasteiger charge is -2.36. The fourth-order valence-corrected chi connectivity index (χ4v) is 4.11. The van der Waals surface area contributed by atoms with Crippen molar-refractivity contribution < 1.29 is 14.6 Å². The zero-order valence-electron chi connectivity index (χ0n) is 14.5. The minimum Gasteiger partial charge on any atom is -0.493 e. The fraction of sp³-hybridized carbons (Fsp3) is 0.650. The van der Waals surface area contributed by atoms with Crippen molar-refractivity contribution in [2.75, 3.05) is 7.11 Å². The summed E-state index contributed by atoms with van der Waals surface area (Å²) in [6.07, 6.45) is 9.25. The molecule has 3 rings (SSSR count). The van der Waals surface area contributed by atoms with Crippen LogP contribution in [0.25, 0.3) is 0 Å². The highest BCUT2D eigenvalue weighted by Gasteiger charge is 2.39. The van der Waals surface area contributed by atoms with Crippen molar-refractivity contribution in [3.05, 3.63) is 23.8 Å². The summed E-state index contributed by atoms with van der Waals surface area (Å²) in [5.41, 5.74) is -0.0950. The highest BCUT2D eigenvalue weighted by Crippen LogP contribution is 2.42. The van der Waals surface area contributed by atoms with Gasteiger partial charge in [-0.15, -0.1) is 0 Å². The van der Waals surface area contributed by atoms with Crippen molar-refractivity contribution in [2.24, 2.45) is 0 Å². The van der Waals surface area contributed by atoms with Crippen LogP contribution < -0.4 is 9.47 Å². The van der Waals surface area contributed by atoms with Gasteiger partial charge in [-0.2, -0.15) is 5.26 Å². The van der Waals surface area contributed by atoms with Crippen LogP contribution in [0.3, 0.4) is 0 Å². The van der Waals surface area contributed by atoms with Gasteiger partial charge in [-0.3, -0.25) is 0 Å². The van der Waals surface area contributed by atoms with E-state index in [9.17, 15) is 10.4 Å². The summed E-state index contributed by atoms with van der Waals surface area (Å²) in [4.78, 5) is 0. The van der Waals surface area contributed by atoms with Gasteiger partial charge in [0, 0.05) is 0 Å². The van der Waals surface area contributed by atoms with E-state index in [1.54, 1.807) is 7.11 Å². The summed E-state index contributed by atoms with van der Waals surface area (Å²) in [5.74, 6) is 0.870. The molecule has 1 aromatic carbocycles. The maximum absolute atomic E-state index is 11.0. The average molecular weight is 329 g/mol. The summed E-state index contributed by atoms with van der Waals surface area (Å²) >= 11 is 0. The molecule has 1 atom stereocenters. The lowest BCUT2D eigenvalue weighted by atomic mass is 9.73. The zero-order chi connectivity index (χ0) is 17.0. The van der Waals surface area contributed by atoms with E-state index in [2.05, 4.69) is 6.07 Å². The number of nitriles is 1. The number of nitrogens with zero attached hydrogens (tertiary/aromatic N) is 1. The Morgan fingerprint density at radius 3 is 2.46 bits per heavy atom. The van der Waals surface area contributed by atoms with Crippen molar-refractivity contribution in [2.45, 2.75) is 75.4 Å². The molecule has 1 aromatic rings. The zero-order valence-corrected chi connectivity index (χ0v) is 14.5. The molecule has 2 aliphatic carbocycles. The number of ether oxygens (including phenoxy) is 2. The fourth-order valence-electron chi connectivity index (χ4n) is 4.11. The van der Waals surface area contributed by atoms with Crippen LogP contribution in [0.15, 0.2) is 18.2 Å². The third-order valence-electron chi connectivity index (χ3n) is 5.50. The van der Waals surface area contributed by atoms with E-state index in [1.165, 1.54) is 12.8 Å². The summed E-state index contributed by atoms with van der Waals surface area (Å²) in [6.45, 7) is 0. The molecule has 0 heterocycles. The van der Waals surface area contributed by atoms with Gasteiger partial charge in [0.25, 0.3) is 0 Å². The molecule has 0 aliphatic heterocycles. The van der Waals surface area contributed by atoms with Gasteiger partial charge in [-0.25, -0.2) is 0 Å². The molecule has 0 spiro atoms. The predicted molar refractivity (Wildman–Crippen MR) is 92.3 cm³/mol. The Morgan fingerprint density at radius 2 is 1.83 bits per heavy atom. The number of hydrogen-bond acceptors (Lipinski definition) is 4. The van der Waals surface area contributed by atoms with Crippen molar-refractivity contribution in [3.63, 3.8) is 0 Å². The Balaban J connectivity index is 1.87. The van der Waals surface area contributed by atoms with Crippen LogP contribution in [0.5, 0.6) is 11.5 Å². The minimum absolute atomic E-state index is 0.229. The maximum atomic E-state index is 11.0. The number of aliphatic hydroxyl groups is 1. The van der Waals surface area contributed by atoms with Gasteiger partial charge in [0.05, 0.1) is 24.9 Å². The Bertz CT molecular complexity index is 595. The SMILES string of the molecule is COc1ccc(C(C#N)C2(O)CCCCC2)cc1OC1CCCC1. The molecule has 0 amide bonds. The molecule has 0 bridgehead atoms. The molecule has 4 heteroatoms. The minimum atomic E-state index is -0.924. The van der Waals surface area contributed by atoms with Crippen LogP contribution in [-0.2, 0) is 0 Å². The van der Waals surface area contributed by atoms with Gasteiger partial charge in [0.15, 0.2) is 11.5 Å². The van der Waals surface area contributed by atoms with E-state index in [0.29, 0.717) is 24.3 Å². The van der Waals surface area contributed by atoms with Crippen LogP contribution in [-0.4, -0.2) is 23.9 Å². The quantitative estimate of drug-likeness (QED) is 0.874. The Kier molecular flexibility index (Phi) is 5.30. The Hall–Kier alpha value is -1.73. The molecule has 2 saturated carbocycles. The molecule has 2 fully saturated rings. The molecule has 1 unspecified atom stereocenters. The number of hydrogen-bond donors (Lipinski definition) is 1. The van der Waals surface area contributed by atoms with E-state index in [4.69, 9.17) is 9.47 Å². The summed E-state index contributed by atoms with van der Waals surface area (Å²) in [7, 11) is 1.63. The average Bonchev–Trinajstić information content (AvgIpc) is 3.09. The number of rotatable bonds is 5. The first-order valence-electron chi connectivity index (χ1n) is 9.13. The molecule has 130 valence electrons. The van der Waals surface area contributed by atoms with E-state index in [1.807, 2.05) is 18.2 Å². The molecule has 0 aromatic heterocycles. The second kappa shape index (κ2) is 7.44. The molecule has 2 aliphatic rings. The van der Waals surface area contributed by atoms with Gasteiger partial charge < -0.3 is 14.6 Å². The van der Waals surface area contributed by atoms with Gasteiger partial charge in [0.1, 0.15) is 5.92 Å². The van der Waals surface area contributed by atoms with Crippen LogP contribution in [0, 0.1) is 11.3 Å². The standard InChI is InChI=1S/C20H27NO3/c1-23-18-10-9-15(13-19(18)24-16-7-3-4-8-16)17(14-21)20(22)11-5-2-6-12-20/h9-10,13,16-17,22H,2-8,11-12H2,1H3. The van der Waals surface area contributed by atoms with Gasteiger partial charge in [0.2, 0.25) is 0 Å². The van der Waals surface area contributed by atoms with E-state index in [0.717, 1.165) is 37.7 Å². The monoisotopic (exact) mass is 329 g/mol. The molecular formula is C20H27NO3. The highest BCUT2D eigenvalue weighted by atomic mass is 16.5. The normalized spacial score (nSPS) is 21.9. The van der Waals surface area contributed by atoms with Crippen molar-refractivity contribution in [1.82, 2.24) is 0 Å². The summed E-state index contributed by atoms with van der Waals surface area (Å²) in [5, 5.41) is 20.7. The Morgan fingerprint density at radius 1 is 1.12 bits per heavy atom. The third kappa shape index (κ3) is 3.52. The van der Waals surface area contributed by atoms with Gasteiger partial charge >= 0.3 is 0 Å². The van der Waals surface area contributed by atoms with Crippen molar-refractivity contribution in [1.29, 1.82) is 5.26 Å². The smallest absolute Gasteiger partial charge is 0.161 e. The maximum Gasteiger partial charge on any atom is 0.161 e. The molecule has 0 radical (unpaired) electrons. The van der Waals surface area contributed by atoms with Gasteiger partial charge in [-0.05, 0) is 56.2 Å². The van der Waals surface area contributed by atoms with Crippen LogP contribution in [0.4, 0.5) is 0 Å². The topological polar surface area (TPSA) is 62.5 Å². The van der Waals surface area contributed by atoms with E-state index < -0.39 is 11.5 Å². The first-order chi connectivity index (χ1) is 11.7. The van der Waals surface area contributed by atoms with Crippen molar-refractivity contribution >= 4 is 0 Å². The van der Waals surface area contributed by atoms with Gasteiger partial charge in [-0.1, -0.05) is 25.3 Å². The molecule has 4 nitrogen and oxygen atoms in total. The molecule has 0 saturated heterocycles. The van der Waals surface area contributed by atoms with Crippen LogP contribution >= 0.6 is 0 Å². The lowest BCUT2D eigenvalue weighted by Crippen LogP contribution is -2.37. The summed E-state index contributed by atoms with van der Waals surface area (Å²) < 4.78 is 11.6. The van der Waals surface area contributed by atoms with Crippen LogP contribution in [0.2, 0.25) is 0 Å². The second-order valence-corrected chi connectivity index (χ2v) is 7.16.